The van der Waals surface area contributed by atoms with Crippen LogP contribution in [0.4, 0.5) is 0 Å². The predicted octanol–water partition coefficient (Wildman–Crippen LogP) is 3.54. The number of benzene rings is 2. The minimum absolute atomic E-state index is 0.406. The lowest BCUT2D eigenvalue weighted by Gasteiger charge is -2.12. The maximum Gasteiger partial charge on any atom is 0.162 e. The average molecular weight is 283 g/mol. The van der Waals surface area contributed by atoms with Crippen molar-refractivity contribution in [3.05, 3.63) is 53.6 Å². The molecule has 0 N–H and O–H groups in total. The van der Waals surface area contributed by atoms with E-state index in [0.29, 0.717) is 30.3 Å². The Balaban J connectivity index is 2.13. The molecule has 0 unspecified atom stereocenters. The molecule has 0 fully saturated rings. The molecule has 0 amide bonds. The van der Waals surface area contributed by atoms with Crippen molar-refractivity contribution in [3.63, 3.8) is 0 Å². The first kappa shape index (κ1) is 14.7. The highest BCUT2D eigenvalue weighted by Gasteiger charge is 2.07. The molecular weight excluding hydrogens is 266 g/mol. The average Bonchev–Trinajstić information content (AvgIpc) is 2.54. The first-order valence-corrected chi connectivity index (χ1v) is 6.69. The van der Waals surface area contributed by atoms with Gasteiger partial charge >= 0.3 is 0 Å². The number of nitrogens with zero attached hydrogens (tertiary/aromatic N) is 1. The number of nitriles is 1. The summed E-state index contributed by atoms with van der Waals surface area (Å²) < 4.78 is 16.5. The molecule has 0 saturated heterocycles. The Labute approximate surface area is 124 Å². The second-order valence-electron chi connectivity index (χ2n) is 4.35. The van der Waals surface area contributed by atoms with Crippen molar-refractivity contribution in [1.82, 2.24) is 0 Å². The van der Waals surface area contributed by atoms with Gasteiger partial charge in [0, 0.05) is 6.07 Å². The Kier molecular flexibility index (Phi) is 5.05. The van der Waals surface area contributed by atoms with Crippen LogP contribution in [0.1, 0.15) is 18.1 Å². The monoisotopic (exact) mass is 283 g/mol. The normalized spacial score (nSPS) is 9.76. The van der Waals surface area contributed by atoms with Crippen LogP contribution in [-0.4, -0.2) is 13.7 Å². The van der Waals surface area contributed by atoms with Crippen LogP contribution in [0, 0.1) is 11.3 Å². The SMILES string of the molecule is CCOc1cc(C#N)ccc1OCc1cccc(OC)c1. The molecule has 108 valence electrons. The summed E-state index contributed by atoms with van der Waals surface area (Å²) in [6.07, 6.45) is 0. The number of ether oxygens (including phenoxy) is 3. The van der Waals surface area contributed by atoms with Crippen LogP contribution < -0.4 is 14.2 Å². The van der Waals surface area contributed by atoms with E-state index in [4.69, 9.17) is 19.5 Å². The largest absolute Gasteiger partial charge is 0.497 e. The molecule has 0 aromatic heterocycles. The fourth-order valence-corrected chi connectivity index (χ4v) is 1.89. The third-order valence-corrected chi connectivity index (χ3v) is 2.90. The molecule has 0 aliphatic heterocycles. The van der Waals surface area contributed by atoms with Crippen LogP contribution >= 0.6 is 0 Å². The van der Waals surface area contributed by atoms with E-state index in [9.17, 15) is 0 Å². The van der Waals surface area contributed by atoms with Gasteiger partial charge in [0.2, 0.25) is 0 Å². The molecule has 2 rings (SSSR count). The lowest BCUT2D eigenvalue weighted by molar-refractivity contribution is 0.269. The molecule has 0 atom stereocenters. The summed E-state index contributed by atoms with van der Waals surface area (Å²) in [6.45, 7) is 2.82. The summed E-state index contributed by atoms with van der Waals surface area (Å²) in [4.78, 5) is 0. The van der Waals surface area contributed by atoms with E-state index in [1.807, 2.05) is 31.2 Å². The predicted molar refractivity (Wildman–Crippen MR) is 79.7 cm³/mol. The fraction of sp³-hybridized carbons (Fsp3) is 0.235. The van der Waals surface area contributed by atoms with Crippen LogP contribution in [0.2, 0.25) is 0 Å². The van der Waals surface area contributed by atoms with Crippen molar-refractivity contribution in [3.8, 4) is 23.3 Å². The Morgan fingerprint density at radius 3 is 2.62 bits per heavy atom. The van der Waals surface area contributed by atoms with Gasteiger partial charge in [0.15, 0.2) is 11.5 Å². The quantitative estimate of drug-likeness (QED) is 0.813. The summed E-state index contributed by atoms with van der Waals surface area (Å²) in [7, 11) is 1.63. The second kappa shape index (κ2) is 7.20. The zero-order valence-corrected chi connectivity index (χ0v) is 12.1. The maximum absolute atomic E-state index is 8.93. The first-order chi connectivity index (χ1) is 10.3. The molecule has 0 heterocycles. The lowest BCUT2D eigenvalue weighted by Crippen LogP contribution is -2.00. The van der Waals surface area contributed by atoms with Crippen LogP contribution in [-0.2, 0) is 6.61 Å². The Hall–Kier alpha value is -2.67. The van der Waals surface area contributed by atoms with Crippen molar-refractivity contribution < 1.29 is 14.2 Å². The Morgan fingerprint density at radius 1 is 1.05 bits per heavy atom. The van der Waals surface area contributed by atoms with Crippen molar-refractivity contribution in [1.29, 1.82) is 5.26 Å². The van der Waals surface area contributed by atoms with E-state index >= 15 is 0 Å². The third-order valence-electron chi connectivity index (χ3n) is 2.90. The molecule has 2 aromatic carbocycles. The number of methoxy groups -OCH3 is 1. The molecule has 4 heteroatoms. The van der Waals surface area contributed by atoms with Crippen LogP contribution in [0.3, 0.4) is 0 Å². The smallest absolute Gasteiger partial charge is 0.162 e. The van der Waals surface area contributed by atoms with Crippen LogP contribution in [0.25, 0.3) is 0 Å². The van der Waals surface area contributed by atoms with Crippen molar-refractivity contribution in [2.75, 3.05) is 13.7 Å². The molecular formula is C17H17NO3. The third kappa shape index (κ3) is 3.90. The van der Waals surface area contributed by atoms with Gasteiger partial charge in [-0.25, -0.2) is 0 Å². The van der Waals surface area contributed by atoms with Gasteiger partial charge in [-0.05, 0) is 36.8 Å². The van der Waals surface area contributed by atoms with Crippen LogP contribution in [0.15, 0.2) is 42.5 Å². The molecule has 0 saturated carbocycles. The zero-order chi connectivity index (χ0) is 15.1. The number of rotatable bonds is 6. The molecule has 0 aliphatic rings. The zero-order valence-electron chi connectivity index (χ0n) is 12.1. The van der Waals surface area contributed by atoms with E-state index in [0.717, 1.165) is 11.3 Å². The number of hydrogen-bond donors (Lipinski definition) is 0. The maximum atomic E-state index is 8.93. The number of hydrogen-bond acceptors (Lipinski definition) is 4. The van der Waals surface area contributed by atoms with Gasteiger partial charge in [-0.15, -0.1) is 0 Å². The molecule has 0 radical (unpaired) electrons. The van der Waals surface area contributed by atoms with Crippen LogP contribution in [0.5, 0.6) is 17.2 Å². The van der Waals surface area contributed by atoms with Gasteiger partial charge in [-0.3, -0.25) is 0 Å². The van der Waals surface area contributed by atoms with E-state index in [2.05, 4.69) is 6.07 Å². The van der Waals surface area contributed by atoms with Gasteiger partial charge in [-0.2, -0.15) is 5.26 Å². The Bertz CT molecular complexity index is 647. The highest BCUT2D eigenvalue weighted by atomic mass is 16.5. The van der Waals surface area contributed by atoms with Gasteiger partial charge in [0.1, 0.15) is 12.4 Å². The summed E-state index contributed by atoms with van der Waals surface area (Å²) in [5.41, 5.74) is 1.55. The Morgan fingerprint density at radius 2 is 1.90 bits per heavy atom. The highest BCUT2D eigenvalue weighted by molar-refractivity contribution is 5.46. The van der Waals surface area contributed by atoms with E-state index in [1.54, 1.807) is 25.3 Å². The van der Waals surface area contributed by atoms with E-state index < -0.39 is 0 Å². The molecule has 4 nitrogen and oxygen atoms in total. The van der Waals surface area contributed by atoms with Gasteiger partial charge in [-0.1, -0.05) is 12.1 Å². The topological polar surface area (TPSA) is 51.5 Å². The standard InChI is InChI=1S/C17H17NO3/c1-3-20-17-10-13(11-18)7-8-16(17)21-12-14-5-4-6-15(9-14)19-2/h4-10H,3,12H2,1-2H3. The summed E-state index contributed by atoms with van der Waals surface area (Å²) in [6, 6.07) is 14.9. The van der Waals surface area contributed by atoms with Gasteiger partial charge in [0.25, 0.3) is 0 Å². The highest BCUT2D eigenvalue weighted by Crippen LogP contribution is 2.29. The molecule has 21 heavy (non-hydrogen) atoms. The lowest BCUT2D eigenvalue weighted by atomic mass is 10.2. The summed E-state index contributed by atoms with van der Waals surface area (Å²) in [5.74, 6) is 2.00. The second-order valence-corrected chi connectivity index (χ2v) is 4.35. The van der Waals surface area contributed by atoms with Gasteiger partial charge < -0.3 is 14.2 Å². The fourth-order valence-electron chi connectivity index (χ4n) is 1.89. The molecule has 0 bridgehead atoms. The van der Waals surface area contributed by atoms with Gasteiger partial charge in [0.05, 0.1) is 25.3 Å². The first-order valence-electron chi connectivity index (χ1n) is 6.69. The minimum atomic E-state index is 0.406. The van der Waals surface area contributed by atoms with E-state index in [-0.39, 0.29) is 0 Å². The molecule has 2 aromatic rings. The summed E-state index contributed by atoms with van der Waals surface area (Å²) >= 11 is 0. The minimum Gasteiger partial charge on any atom is -0.497 e. The van der Waals surface area contributed by atoms with Crippen molar-refractivity contribution in [2.45, 2.75) is 13.5 Å². The van der Waals surface area contributed by atoms with Crippen molar-refractivity contribution >= 4 is 0 Å². The van der Waals surface area contributed by atoms with E-state index in [1.165, 1.54) is 0 Å². The summed E-state index contributed by atoms with van der Waals surface area (Å²) in [5, 5.41) is 8.93. The molecule has 0 aliphatic carbocycles. The van der Waals surface area contributed by atoms with Crippen molar-refractivity contribution in [2.24, 2.45) is 0 Å². The molecule has 0 spiro atoms.